The summed E-state index contributed by atoms with van der Waals surface area (Å²) in [4.78, 5) is 60.5. The number of esters is 2. The molecule has 0 saturated heterocycles. The topological polar surface area (TPSA) is 181 Å². The number of terminal acetylenes is 1. The van der Waals surface area contributed by atoms with Gasteiger partial charge in [-0.15, -0.1) is 12.3 Å². The maximum absolute atomic E-state index is 15.0. The van der Waals surface area contributed by atoms with Crippen molar-refractivity contribution in [1.82, 2.24) is 19.1 Å². The summed E-state index contributed by atoms with van der Waals surface area (Å²) in [6.45, 7) is 30.3. The Morgan fingerprint density at radius 3 is 1.54 bits per heavy atom. The number of pyridine rings is 4. The minimum absolute atomic E-state index is 0.0627. The summed E-state index contributed by atoms with van der Waals surface area (Å²) in [5, 5.41) is 23.8. The van der Waals surface area contributed by atoms with Gasteiger partial charge in [0.25, 0.3) is 11.1 Å². The molecular formula is C62H71BrF2N4O10Si2. The first-order chi connectivity index (χ1) is 37.8. The van der Waals surface area contributed by atoms with Gasteiger partial charge in [0.15, 0.2) is 27.8 Å². The zero-order valence-electron chi connectivity index (χ0n) is 48.7. The van der Waals surface area contributed by atoms with Gasteiger partial charge in [-0.05, 0) is 109 Å². The van der Waals surface area contributed by atoms with Crippen LogP contribution in [0, 0.1) is 49.7 Å². The van der Waals surface area contributed by atoms with Crippen LogP contribution >= 0.6 is 15.9 Å². The van der Waals surface area contributed by atoms with E-state index in [1.165, 1.54) is 12.1 Å². The smallest absolute Gasteiger partial charge is 0.343 e. The lowest BCUT2D eigenvalue weighted by atomic mass is 9.86. The first-order valence-electron chi connectivity index (χ1n) is 27.2. The molecule has 8 heterocycles. The summed E-state index contributed by atoms with van der Waals surface area (Å²) in [5.74, 6) is 6.59. The van der Waals surface area contributed by atoms with Crippen molar-refractivity contribution in [2.75, 3.05) is 13.2 Å². The van der Waals surface area contributed by atoms with Crippen molar-refractivity contribution in [3.05, 3.63) is 123 Å². The quantitative estimate of drug-likeness (QED) is 0.0637. The molecule has 2 aromatic carbocycles. The number of hydrogen-bond donors (Lipinski definition) is 2. The number of halogens is 3. The minimum atomic E-state index is -1.90. The second-order valence-electron chi connectivity index (χ2n) is 24.2. The lowest BCUT2D eigenvalue weighted by Crippen LogP contribution is -2.44. The first-order valence-corrected chi connectivity index (χ1v) is 33.8. The Morgan fingerprint density at radius 2 is 1.11 bits per heavy atom. The predicted octanol–water partition coefficient (Wildman–Crippen LogP) is 11.6. The summed E-state index contributed by atoms with van der Waals surface area (Å²) >= 11 is 3.44. The van der Waals surface area contributed by atoms with Gasteiger partial charge in [0.2, 0.25) is 0 Å². The zero-order valence-corrected chi connectivity index (χ0v) is 52.3. The average Bonchev–Trinajstić information content (AvgIpc) is 2.39. The molecule has 4 aliphatic rings. The Balaban J connectivity index is 0.000000183. The van der Waals surface area contributed by atoms with Crippen LogP contribution < -0.4 is 11.1 Å². The van der Waals surface area contributed by atoms with Gasteiger partial charge < -0.3 is 37.7 Å². The van der Waals surface area contributed by atoms with Crippen LogP contribution in [0.25, 0.3) is 44.6 Å². The second kappa shape index (κ2) is 22.2. The lowest BCUT2D eigenvalue weighted by Gasteiger charge is -2.35. The second-order valence-corrected chi connectivity index (χ2v) is 34.6. The number of benzene rings is 2. The number of cyclic esters (lactones) is 2. The third-order valence-electron chi connectivity index (χ3n) is 17.2. The Hall–Kier alpha value is -6.17. The number of carbonyl (C=O) groups excluding carboxylic acids is 2. The number of hydrogen-bond acceptors (Lipinski definition) is 12. The highest BCUT2D eigenvalue weighted by Gasteiger charge is 2.47. The van der Waals surface area contributed by atoms with E-state index in [-0.39, 0.29) is 76.8 Å². The molecule has 10 rings (SSSR count). The number of rotatable bonds is 8. The number of ether oxygens (including phenoxy) is 2. The number of fused-ring (bicyclic) bond motifs is 10. The SMILES string of the molecule is C#CCCO[Si](C)(C)C(C)(C)C.CC[C@@]1(O)C(=O)OCc2c1cc1n(c2=O)Cc2cc3c(Br)c(C)c(F)cc3nc2-1.CC[C@@]1(O)C(=O)OCc2c1cc1n(c2=O)Cc2cc3c(C#CCCO[Si](C)(C)C(C)(C)C)c(C)c(F)cc3nc2-1. The van der Waals surface area contributed by atoms with Gasteiger partial charge >= 0.3 is 11.9 Å². The number of aliphatic hydroxyl groups is 2. The van der Waals surface area contributed by atoms with Crippen LogP contribution in [-0.2, 0) is 65.4 Å². The number of nitrogens with zero attached hydrogens (tertiary/aromatic N) is 4. The van der Waals surface area contributed by atoms with E-state index in [2.05, 4.69) is 106 Å². The van der Waals surface area contributed by atoms with Crippen LogP contribution in [0.4, 0.5) is 8.78 Å². The molecule has 4 aliphatic heterocycles. The molecule has 0 unspecified atom stereocenters. The molecule has 0 saturated carbocycles. The third kappa shape index (κ3) is 10.9. The van der Waals surface area contributed by atoms with Crippen molar-refractivity contribution in [3.8, 4) is 47.0 Å². The molecule has 428 valence electrons. The minimum Gasteiger partial charge on any atom is -0.458 e. The maximum atomic E-state index is 15.0. The van der Waals surface area contributed by atoms with Crippen molar-refractivity contribution < 1.29 is 46.9 Å². The maximum Gasteiger partial charge on any atom is 0.343 e. The van der Waals surface area contributed by atoms with Crippen molar-refractivity contribution >= 4 is 66.3 Å². The van der Waals surface area contributed by atoms with Gasteiger partial charge in [0.05, 0.1) is 58.0 Å². The van der Waals surface area contributed by atoms with E-state index in [1.54, 1.807) is 49.0 Å². The molecule has 2 N–H and O–H groups in total. The number of carbonyl (C=O) groups is 2. The van der Waals surface area contributed by atoms with Gasteiger partial charge in [-0.2, -0.15) is 0 Å². The Bertz CT molecular complexity index is 3840. The average molecular weight is 1210 g/mol. The van der Waals surface area contributed by atoms with E-state index in [1.807, 2.05) is 12.1 Å². The summed E-state index contributed by atoms with van der Waals surface area (Å²) in [5.41, 5.74) is 2.68. The molecular weight excluding hydrogens is 1130 g/mol. The van der Waals surface area contributed by atoms with E-state index in [0.29, 0.717) is 91.6 Å². The fourth-order valence-corrected chi connectivity index (χ4v) is 12.4. The molecule has 0 amide bonds. The van der Waals surface area contributed by atoms with Crippen LogP contribution in [0.1, 0.15) is 131 Å². The molecule has 2 atom stereocenters. The zero-order chi connectivity index (χ0) is 59.7. The van der Waals surface area contributed by atoms with Crippen LogP contribution in [0.5, 0.6) is 0 Å². The van der Waals surface area contributed by atoms with Crippen molar-refractivity contribution in [2.24, 2.45) is 0 Å². The molecule has 4 aromatic heterocycles. The van der Waals surface area contributed by atoms with Crippen LogP contribution in [0.3, 0.4) is 0 Å². The normalized spacial score (nSPS) is 17.9. The summed E-state index contributed by atoms with van der Waals surface area (Å²) < 4.78 is 55.3. The lowest BCUT2D eigenvalue weighted by molar-refractivity contribution is -0.172. The van der Waals surface area contributed by atoms with Crippen molar-refractivity contribution in [1.29, 1.82) is 0 Å². The fraction of sp³-hybridized carbons (Fsp3) is 0.452. The Labute approximate surface area is 482 Å². The molecule has 0 bridgehead atoms. The molecule has 81 heavy (non-hydrogen) atoms. The van der Waals surface area contributed by atoms with Crippen LogP contribution in [-0.4, -0.2) is 71.1 Å². The highest BCUT2D eigenvalue weighted by atomic mass is 79.9. The molecule has 6 aromatic rings. The first kappa shape index (κ1) is 60.9. The monoisotopic (exact) mass is 1200 g/mol. The van der Waals surface area contributed by atoms with Crippen molar-refractivity contribution in [3.63, 3.8) is 0 Å². The molecule has 0 radical (unpaired) electrons. The van der Waals surface area contributed by atoms with Crippen LogP contribution in [0.15, 0.2) is 50.5 Å². The highest BCUT2D eigenvalue weighted by Crippen LogP contribution is 2.43. The fourth-order valence-electron chi connectivity index (χ4n) is 9.82. The summed E-state index contributed by atoms with van der Waals surface area (Å²) in [7, 11) is -3.42. The van der Waals surface area contributed by atoms with Gasteiger partial charge in [-0.3, -0.25) is 9.59 Å². The number of aromatic nitrogens is 4. The molecule has 19 heteroatoms. The van der Waals surface area contributed by atoms with Gasteiger partial charge in [0.1, 0.15) is 24.8 Å². The largest absolute Gasteiger partial charge is 0.458 e. The molecule has 14 nitrogen and oxygen atoms in total. The van der Waals surface area contributed by atoms with Crippen LogP contribution in [0.2, 0.25) is 36.3 Å². The van der Waals surface area contributed by atoms with E-state index in [4.69, 9.17) is 29.7 Å². The van der Waals surface area contributed by atoms with Gasteiger partial charge in [0, 0.05) is 86.8 Å². The Kier molecular flexibility index (Phi) is 16.7. The summed E-state index contributed by atoms with van der Waals surface area (Å²) in [6.07, 6.45) is 6.55. The van der Waals surface area contributed by atoms with E-state index >= 15 is 4.39 Å². The van der Waals surface area contributed by atoms with Gasteiger partial charge in [-0.25, -0.2) is 28.3 Å². The van der Waals surface area contributed by atoms with Crippen molar-refractivity contribution in [2.45, 2.75) is 169 Å². The van der Waals surface area contributed by atoms with E-state index < -0.39 is 45.6 Å². The molecule has 0 fully saturated rings. The Morgan fingerprint density at radius 1 is 0.691 bits per heavy atom. The summed E-state index contributed by atoms with van der Waals surface area (Å²) in [6, 6.07) is 9.86. The molecule has 0 spiro atoms. The van der Waals surface area contributed by atoms with E-state index in [9.17, 15) is 33.8 Å². The predicted molar refractivity (Wildman–Crippen MR) is 317 cm³/mol. The standard InChI is InChI=1S/C31H35FN2O5Si.C21H16BrFN2O4.C10H20OSi/c1-8-31(37)23-14-26-27-19(16-34(26)28(35)22(23)17-38-29(31)36)13-21-20(18(2)24(32)15-25(21)33-27)11-9-10-12-39-40(6,7)30(3,4)5;1-3-21(28)13-5-16-18-10(7-25(16)19(26)12(13)8-29-20(21)27)4-11-15(24-18)6-14(23)9(2)17(11)22;1-7-8-9-11-12(5,6)10(2,3)4/h13-15,37H,8,10,12,16-17H2,1-7H3;4-6,28H,3,7-8H2,1-2H3;1H,8-9H2,2-6H3/t31-;21-;/m00./s1. The van der Waals surface area contributed by atoms with Gasteiger partial charge in [-0.1, -0.05) is 67.2 Å². The third-order valence-corrected chi connectivity index (χ3v) is 27.3. The highest BCUT2D eigenvalue weighted by molar-refractivity contribution is 9.10. The van der Waals surface area contributed by atoms with E-state index in [0.717, 1.165) is 22.9 Å². The molecule has 0 aliphatic carbocycles.